The second-order valence-corrected chi connectivity index (χ2v) is 6.03. The SMILES string of the molecule is CC(C)(CC(=O)O)Cc1nc(C2CCCC2)n[nH]1. The van der Waals surface area contributed by atoms with E-state index in [0.717, 1.165) is 11.6 Å². The molecular formula is C13H21N3O2. The molecule has 0 atom stereocenters. The first-order valence-electron chi connectivity index (χ1n) is 6.59. The van der Waals surface area contributed by atoms with E-state index in [2.05, 4.69) is 15.2 Å². The predicted octanol–water partition coefficient (Wildman–Crippen LogP) is 2.51. The lowest BCUT2D eigenvalue weighted by Gasteiger charge is -2.20. The number of carbonyl (C=O) groups is 1. The van der Waals surface area contributed by atoms with Gasteiger partial charge >= 0.3 is 5.97 Å². The number of carboxylic acids is 1. The van der Waals surface area contributed by atoms with Gasteiger partial charge in [-0.05, 0) is 18.3 Å². The van der Waals surface area contributed by atoms with Crippen LogP contribution in [0.25, 0.3) is 0 Å². The summed E-state index contributed by atoms with van der Waals surface area (Å²) in [6.07, 6.45) is 5.65. The van der Waals surface area contributed by atoms with E-state index in [1.54, 1.807) is 0 Å². The van der Waals surface area contributed by atoms with Crippen LogP contribution in [0.3, 0.4) is 0 Å². The zero-order valence-corrected chi connectivity index (χ0v) is 11.1. The Kier molecular flexibility index (Phi) is 3.68. The van der Waals surface area contributed by atoms with Crippen molar-refractivity contribution in [2.24, 2.45) is 5.41 Å². The van der Waals surface area contributed by atoms with Gasteiger partial charge in [-0.15, -0.1) is 0 Å². The number of aliphatic carboxylic acids is 1. The normalized spacial score (nSPS) is 17.2. The van der Waals surface area contributed by atoms with Gasteiger partial charge in [-0.3, -0.25) is 9.89 Å². The van der Waals surface area contributed by atoms with E-state index in [4.69, 9.17) is 5.11 Å². The number of rotatable bonds is 5. The second-order valence-electron chi connectivity index (χ2n) is 6.03. The Balaban J connectivity index is 1.99. The van der Waals surface area contributed by atoms with Crippen LogP contribution in [-0.4, -0.2) is 26.3 Å². The lowest BCUT2D eigenvalue weighted by Crippen LogP contribution is -2.20. The number of carboxylic acid groups (broad SMARTS) is 1. The molecule has 0 spiro atoms. The van der Waals surface area contributed by atoms with Crippen LogP contribution in [0.1, 0.15) is 63.5 Å². The van der Waals surface area contributed by atoms with Crippen molar-refractivity contribution in [3.8, 4) is 0 Å². The van der Waals surface area contributed by atoms with Crippen molar-refractivity contribution in [2.45, 2.75) is 58.3 Å². The molecule has 1 aliphatic carbocycles. The average molecular weight is 251 g/mol. The van der Waals surface area contributed by atoms with Gasteiger partial charge in [-0.1, -0.05) is 26.7 Å². The molecule has 0 radical (unpaired) electrons. The Labute approximate surface area is 107 Å². The van der Waals surface area contributed by atoms with Crippen molar-refractivity contribution >= 4 is 5.97 Å². The summed E-state index contributed by atoms with van der Waals surface area (Å²) >= 11 is 0. The number of aromatic amines is 1. The summed E-state index contributed by atoms with van der Waals surface area (Å²) in [6.45, 7) is 3.89. The van der Waals surface area contributed by atoms with Crippen LogP contribution in [-0.2, 0) is 11.2 Å². The molecule has 0 unspecified atom stereocenters. The van der Waals surface area contributed by atoms with Crippen LogP contribution < -0.4 is 0 Å². The third-order valence-corrected chi connectivity index (χ3v) is 3.55. The van der Waals surface area contributed by atoms with E-state index >= 15 is 0 Å². The monoisotopic (exact) mass is 251 g/mol. The molecule has 1 aromatic heterocycles. The Morgan fingerprint density at radius 1 is 1.44 bits per heavy atom. The fourth-order valence-electron chi connectivity index (χ4n) is 2.68. The number of hydrogen-bond donors (Lipinski definition) is 2. The first-order chi connectivity index (χ1) is 8.46. The minimum Gasteiger partial charge on any atom is -0.481 e. The summed E-state index contributed by atoms with van der Waals surface area (Å²) in [4.78, 5) is 15.3. The summed E-state index contributed by atoms with van der Waals surface area (Å²) in [5.41, 5.74) is -0.293. The topological polar surface area (TPSA) is 78.9 Å². The highest BCUT2D eigenvalue weighted by Crippen LogP contribution is 2.32. The summed E-state index contributed by atoms with van der Waals surface area (Å²) in [5.74, 6) is 1.45. The van der Waals surface area contributed by atoms with Gasteiger partial charge in [0.1, 0.15) is 5.82 Å². The lowest BCUT2D eigenvalue weighted by molar-refractivity contribution is -0.139. The van der Waals surface area contributed by atoms with Gasteiger partial charge in [0.15, 0.2) is 5.82 Å². The quantitative estimate of drug-likeness (QED) is 0.842. The summed E-state index contributed by atoms with van der Waals surface area (Å²) in [5, 5.41) is 16.1. The van der Waals surface area contributed by atoms with E-state index in [1.807, 2.05) is 13.8 Å². The van der Waals surface area contributed by atoms with Gasteiger partial charge in [0.25, 0.3) is 0 Å². The number of hydrogen-bond acceptors (Lipinski definition) is 3. The highest BCUT2D eigenvalue weighted by atomic mass is 16.4. The fourth-order valence-corrected chi connectivity index (χ4v) is 2.68. The van der Waals surface area contributed by atoms with E-state index in [-0.39, 0.29) is 11.8 Å². The molecule has 0 bridgehead atoms. The van der Waals surface area contributed by atoms with Crippen LogP contribution in [0.2, 0.25) is 0 Å². The molecular weight excluding hydrogens is 230 g/mol. The molecule has 1 aliphatic rings. The zero-order chi connectivity index (χ0) is 13.2. The van der Waals surface area contributed by atoms with Crippen molar-refractivity contribution in [2.75, 3.05) is 0 Å². The average Bonchev–Trinajstić information content (AvgIpc) is 2.82. The molecule has 5 heteroatoms. The Morgan fingerprint density at radius 3 is 2.72 bits per heavy atom. The van der Waals surface area contributed by atoms with Crippen molar-refractivity contribution in [1.29, 1.82) is 0 Å². The predicted molar refractivity (Wildman–Crippen MR) is 67.3 cm³/mol. The molecule has 1 heterocycles. The number of aromatic nitrogens is 3. The van der Waals surface area contributed by atoms with E-state index in [0.29, 0.717) is 12.3 Å². The molecule has 1 fully saturated rings. The Bertz CT molecular complexity index is 420. The highest BCUT2D eigenvalue weighted by molar-refractivity contribution is 5.67. The number of H-pyrrole nitrogens is 1. The largest absolute Gasteiger partial charge is 0.481 e. The van der Waals surface area contributed by atoms with Gasteiger partial charge in [0, 0.05) is 12.3 Å². The second kappa shape index (κ2) is 5.08. The molecule has 100 valence electrons. The van der Waals surface area contributed by atoms with E-state index in [1.165, 1.54) is 25.7 Å². The maximum atomic E-state index is 10.8. The van der Waals surface area contributed by atoms with Gasteiger partial charge < -0.3 is 5.11 Å². The summed E-state index contributed by atoms with van der Waals surface area (Å²) < 4.78 is 0. The van der Waals surface area contributed by atoms with Crippen LogP contribution in [0.15, 0.2) is 0 Å². The third-order valence-electron chi connectivity index (χ3n) is 3.55. The standard InChI is InChI=1S/C13H21N3O2/c1-13(2,8-11(17)18)7-10-14-12(16-15-10)9-5-3-4-6-9/h9H,3-8H2,1-2H3,(H,17,18)(H,14,15,16). The zero-order valence-electron chi connectivity index (χ0n) is 11.1. The van der Waals surface area contributed by atoms with Crippen LogP contribution in [0, 0.1) is 5.41 Å². The van der Waals surface area contributed by atoms with Crippen molar-refractivity contribution in [3.05, 3.63) is 11.6 Å². The molecule has 2 N–H and O–H groups in total. The molecule has 1 saturated carbocycles. The molecule has 0 aromatic carbocycles. The fraction of sp³-hybridized carbons (Fsp3) is 0.769. The first-order valence-corrected chi connectivity index (χ1v) is 6.59. The lowest BCUT2D eigenvalue weighted by atomic mass is 9.85. The van der Waals surface area contributed by atoms with Gasteiger partial charge in [-0.2, -0.15) is 5.10 Å². The van der Waals surface area contributed by atoms with Gasteiger partial charge in [0.2, 0.25) is 0 Å². The Hall–Kier alpha value is -1.39. The Morgan fingerprint density at radius 2 is 2.11 bits per heavy atom. The van der Waals surface area contributed by atoms with Crippen molar-refractivity contribution in [3.63, 3.8) is 0 Å². The smallest absolute Gasteiger partial charge is 0.303 e. The minimum absolute atomic E-state index is 0.145. The first kappa shape index (κ1) is 13.1. The number of nitrogens with one attached hydrogen (secondary N) is 1. The molecule has 0 saturated heterocycles. The molecule has 2 rings (SSSR count). The van der Waals surface area contributed by atoms with E-state index < -0.39 is 5.97 Å². The van der Waals surface area contributed by atoms with Crippen LogP contribution in [0.4, 0.5) is 0 Å². The molecule has 18 heavy (non-hydrogen) atoms. The number of nitrogens with zero attached hydrogens (tertiary/aromatic N) is 2. The molecule has 5 nitrogen and oxygen atoms in total. The van der Waals surface area contributed by atoms with Crippen LogP contribution >= 0.6 is 0 Å². The molecule has 0 amide bonds. The van der Waals surface area contributed by atoms with E-state index in [9.17, 15) is 4.79 Å². The summed E-state index contributed by atoms with van der Waals surface area (Å²) in [6, 6.07) is 0. The summed E-state index contributed by atoms with van der Waals surface area (Å²) in [7, 11) is 0. The minimum atomic E-state index is -0.768. The molecule has 0 aliphatic heterocycles. The highest BCUT2D eigenvalue weighted by Gasteiger charge is 2.26. The van der Waals surface area contributed by atoms with Gasteiger partial charge in [-0.25, -0.2) is 4.98 Å². The van der Waals surface area contributed by atoms with Crippen LogP contribution in [0.5, 0.6) is 0 Å². The maximum absolute atomic E-state index is 10.8. The molecule has 1 aromatic rings. The van der Waals surface area contributed by atoms with Crippen molar-refractivity contribution < 1.29 is 9.90 Å². The van der Waals surface area contributed by atoms with Gasteiger partial charge in [0.05, 0.1) is 6.42 Å². The maximum Gasteiger partial charge on any atom is 0.303 e. The van der Waals surface area contributed by atoms with Crippen molar-refractivity contribution in [1.82, 2.24) is 15.2 Å². The third kappa shape index (κ3) is 3.31.